The number of rotatable bonds is 8. The zero-order valence-corrected chi connectivity index (χ0v) is 11.7. The van der Waals surface area contributed by atoms with E-state index in [1.54, 1.807) is 0 Å². The Morgan fingerprint density at radius 3 is 2.70 bits per heavy atom. The van der Waals surface area contributed by atoms with Crippen LogP contribution in [-0.4, -0.2) is 38.8 Å². The summed E-state index contributed by atoms with van der Waals surface area (Å²) in [6.07, 6.45) is 2.18. The van der Waals surface area contributed by atoms with Crippen molar-refractivity contribution in [2.24, 2.45) is 11.8 Å². The molecular formula is C12H21N5O3. The summed E-state index contributed by atoms with van der Waals surface area (Å²) in [6, 6.07) is -0.347. The van der Waals surface area contributed by atoms with Crippen molar-refractivity contribution < 1.29 is 14.7 Å². The molecule has 8 heteroatoms. The van der Waals surface area contributed by atoms with E-state index in [9.17, 15) is 9.59 Å². The van der Waals surface area contributed by atoms with Gasteiger partial charge in [-0.25, -0.2) is 9.78 Å². The average molecular weight is 283 g/mol. The molecule has 0 saturated heterocycles. The van der Waals surface area contributed by atoms with Gasteiger partial charge in [-0.05, 0) is 18.3 Å². The van der Waals surface area contributed by atoms with Gasteiger partial charge in [0, 0.05) is 13.0 Å². The molecule has 0 bridgehead atoms. The quantitative estimate of drug-likeness (QED) is 0.561. The summed E-state index contributed by atoms with van der Waals surface area (Å²) >= 11 is 0. The Balaban J connectivity index is 2.30. The minimum absolute atomic E-state index is 0.0561. The summed E-state index contributed by atoms with van der Waals surface area (Å²) in [7, 11) is 0. The maximum atomic E-state index is 11.6. The molecule has 4 N–H and O–H groups in total. The van der Waals surface area contributed by atoms with Crippen molar-refractivity contribution >= 4 is 12.0 Å². The highest BCUT2D eigenvalue weighted by molar-refractivity contribution is 5.73. The number of hydrogen-bond acceptors (Lipinski definition) is 4. The molecule has 2 amide bonds. The summed E-state index contributed by atoms with van der Waals surface area (Å²) in [4.78, 5) is 26.2. The van der Waals surface area contributed by atoms with Crippen LogP contribution in [0.1, 0.15) is 32.5 Å². The second kappa shape index (κ2) is 8.13. The lowest BCUT2D eigenvalue weighted by atomic mass is 9.94. The molecule has 0 aliphatic heterocycles. The van der Waals surface area contributed by atoms with Crippen LogP contribution in [0.3, 0.4) is 0 Å². The number of carboxylic acids is 1. The number of carbonyl (C=O) groups is 2. The van der Waals surface area contributed by atoms with E-state index in [0.717, 1.165) is 6.42 Å². The van der Waals surface area contributed by atoms with E-state index in [4.69, 9.17) is 5.11 Å². The molecule has 0 saturated carbocycles. The van der Waals surface area contributed by atoms with Crippen molar-refractivity contribution in [1.82, 2.24) is 25.8 Å². The van der Waals surface area contributed by atoms with Gasteiger partial charge in [-0.2, -0.15) is 5.10 Å². The van der Waals surface area contributed by atoms with E-state index in [0.29, 0.717) is 18.3 Å². The van der Waals surface area contributed by atoms with Crippen LogP contribution in [-0.2, 0) is 11.3 Å². The Kier molecular flexibility index (Phi) is 6.48. The molecule has 0 spiro atoms. The minimum atomic E-state index is -0.848. The molecule has 112 valence electrons. The first-order valence-electron chi connectivity index (χ1n) is 6.55. The van der Waals surface area contributed by atoms with Crippen molar-refractivity contribution in [1.29, 1.82) is 0 Å². The highest BCUT2D eigenvalue weighted by Gasteiger charge is 2.16. The predicted octanol–water partition coefficient (Wildman–Crippen LogP) is 0.741. The third kappa shape index (κ3) is 6.72. The van der Waals surface area contributed by atoms with E-state index < -0.39 is 5.97 Å². The van der Waals surface area contributed by atoms with Crippen molar-refractivity contribution in [3.8, 4) is 0 Å². The van der Waals surface area contributed by atoms with Gasteiger partial charge in [-0.15, -0.1) is 0 Å². The van der Waals surface area contributed by atoms with E-state index in [-0.39, 0.29) is 24.9 Å². The van der Waals surface area contributed by atoms with Gasteiger partial charge in [-0.1, -0.05) is 13.8 Å². The number of carboxylic acid groups (broad SMARTS) is 1. The smallest absolute Gasteiger partial charge is 0.315 e. The van der Waals surface area contributed by atoms with Gasteiger partial charge in [0.05, 0.1) is 6.54 Å². The Bertz CT molecular complexity index is 419. The highest BCUT2D eigenvalue weighted by atomic mass is 16.4. The number of H-pyrrole nitrogens is 1. The van der Waals surface area contributed by atoms with Gasteiger partial charge in [-0.3, -0.25) is 9.89 Å². The molecule has 0 fully saturated rings. The monoisotopic (exact) mass is 283 g/mol. The van der Waals surface area contributed by atoms with Crippen LogP contribution >= 0.6 is 0 Å². The molecule has 0 aliphatic carbocycles. The average Bonchev–Trinajstić information content (AvgIpc) is 2.85. The molecule has 0 unspecified atom stereocenters. The molecule has 0 aliphatic rings. The predicted molar refractivity (Wildman–Crippen MR) is 71.8 cm³/mol. The SMILES string of the molecule is CC(C)C[C@H](CNC(=O)NCc1ncn[nH]1)CC(=O)O. The molecular weight excluding hydrogens is 262 g/mol. The maximum absolute atomic E-state index is 11.6. The van der Waals surface area contributed by atoms with Gasteiger partial charge in [0.2, 0.25) is 0 Å². The number of nitrogens with zero attached hydrogens (tertiary/aromatic N) is 2. The number of aliphatic carboxylic acids is 1. The fourth-order valence-electron chi connectivity index (χ4n) is 1.93. The standard InChI is InChI=1S/C12H21N5O3/c1-8(2)3-9(4-11(18)19)5-13-12(20)14-6-10-15-7-16-17-10/h7-9H,3-6H2,1-2H3,(H,18,19)(H2,13,14,20)(H,15,16,17)/t9-/m0/s1. The molecule has 8 nitrogen and oxygen atoms in total. The minimum Gasteiger partial charge on any atom is -0.481 e. The van der Waals surface area contributed by atoms with Crippen molar-refractivity contribution in [3.05, 3.63) is 12.2 Å². The summed E-state index contributed by atoms with van der Waals surface area (Å²) < 4.78 is 0. The van der Waals surface area contributed by atoms with Gasteiger partial charge in [0.15, 0.2) is 0 Å². The molecule has 1 heterocycles. The highest BCUT2D eigenvalue weighted by Crippen LogP contribution is 2.14. The molecule has 1 rings (SSSR count). The number of urea groups is 1. The normalized spacial score (nSPS) is 12.2. The van der Waals surface area contributed by atoms with Crippen LogP contribution in [0, 0.1) is 11.8 Å². The molecule has 1 atom stereocenters. The third-order valence-electron chi connectivity index (χ3n) is 2.70. The zero-order valence-electron chi connectivity index (χ0n) is 11.7. The third-order valence-corrected chi connectivity index (χ3v) is 2.70. The van der Waals surface area contributed by atoms with Crippen LogP contribution in [0.5, 0.6) is 0 Å². The number of aromatic nitrogens is 3. The fourth-order valence-corrected chi connectivity index (χ4v) is 1.93. The Morgan fingerprint density at radius 2 is 2.15 bits per heavy atom. The molecule has 1 aromatic heterocycles. The second-order valence-corrected chi connectivity index (χ2v) is 5.09. The van der Waals surface area contributed by atoms with E-state index in [2.05, 4.69) is 25.8 Å². The second-order valence-electron chi connectivity index (χ2n) is 5.09. The molecule has 1 aromatic rings. The lowest BCUT2D eigenvalue weighted by Crippen LogP contribution is -2.38. The topological polar surface area (TPSA) is 120 Å². The first kappa shape index (κ1) is 15.9. The first-order chi connectivity index (χ1) is 9.47. The first-order valence-corrected chi connectivity index (χ1v) is 6.55. The molecule has 20 heavy (non-hydrogen) atoms. The van der Waals surface area contributed by atoms with Gasteiger partial charge >= 0.3 is 12.0 Å². The van der Waals surface area contributed by atoms with Gasteiger partial charge in [0.25, 0.3) is 0 Å². The summed E-state index contributed by atoms with van der Waals surface area (Å²) in [6.45, 7) is 4.64. The molecule has 0 radical (unpaired) electrons. The number of amides is 2. The number of nitrogens with one attached hydrogen (secondary N) is 3. The van der Waals surface area contributed by atoms with E-state index in [1.807, 2.05) is 13.8 Å². The van der Waals surface area contributed by atoms with Gasteiger partial charge in [0.1, 0.15) is 12.2 Å². The van der Waals surface area contributed by atoms with Crippen LogP contribution in [0.2, 0.25) is 0 Å². The van der Waals surface area contributed by atoms with Crippen LogP contribution in [0.15, 0.2) is 6.33 Å². The summed E-state index contributed by atoms with van der Waals surface area (Å²) in [5.74, 6) is 0.0332. The summed E-state index contributed by atoms with van der Waals surface area (Å²) in [5.41, 5.74) is 0. The Morgan fingerprint density at radius 1 is 1.40 bits per heavy atom. The number of carbonyl (C=O) groups excluding carboxylic acids is 1. The Hall–Kier alpha value is -2.12. The van der Waals surface area contributed by atoms with Crippen LogP contribution < -0.4 is 10.6 Å². The van der Waals surface area contributed by atoms with Crippen LogP contribution in [0.25, 0.3) is 0 Å². The van der Waals surface area contributed by atoms with E-state index >= 15 is 0 Å². The fraction of sp³-hybridized carbons (Fsp3) is 0.667. The zero-order chi connectivity index (χ0) is 15.0. The van der Waals surface area contributed by atoms with Crippen molar-refractivity contribution in [2.45, 2.75) is 33.2 Å². The lowest BCUT2D eigenvalue weighted by molar-refractivity contribution is -0.138. The maximum Gasteiger partial charge on any atom is 0.315 e. The van der Waals surface area contributed by atoms with Crippen molar-refractivity contribution in [3.63, 3.8) is 0 Å². The molecule has 0 aromatic carbocycles. The van der Waals surface area contributed by atoms with E-state index in [1.165, 1.54) is 6.33 Å². The number of aromatic amines is 1. The van der Waals surface area contributed by atoms with Gasteiger partial charge < -0.3 is 15.7 Å². The van der Waals surface area contributed by atoms with Crippen molar-refractivity contribution in [2.75, 3.05) is 6.54 Å². The largest absolute Gasteiger partial charge is 0.481 e. The number of hydrogen-bond donors (Lipinski definition) is 4. The summed E-state index contributed by atoms with van der Waals surface area (Å²) in [5, 5.41) is 20.4. The Labute approximate surface area is 117 Å². The lowest BCUT2D eigenvalue weighted by Gasteiger charge is -2.17. The van der Waals surface area contributed by atoms with Crippen LogP contribution in [0.4, 0.5) is 4.79 Å².